The molecule has 1 heterocycles. The largest absolute Gasteiger partial charge is 0.497 e. The smallest absolute Gasteiger partial charge is 0.313 e. The summed E-state index contributed by atoms with van der Waals surface area (Å²) in [7, 11) is 1.63. The molecule has 2 N–H and O–H groups in total. The third-order valence-corrected chi connectivity index (χ3v) is 6.07. The molecule has 0 aliphatic heterocycles. The van der Waals surface area contributed by atoms with Gasteiger partial charge in [0.1, 0.15) is 5.75 Å². The number of aliphatic carboxylic acids is 1. The van der Waals surface area contributed by atoms with Gasteiger partial charge in [0.2, 0.25) is 0 Å². The maximum Gasteiger partial charge on any atom is 0.313 e. The van der Waals surface area contributed by atoms with Crippen LogP contribution in [0.3, 0.4) is 0 Å². The minimum Gasteiger partial charge on any atom is -0.497 e. The second kappa shape index (κ2) is 8.69. The van der Waals surface area contributed by atoms with Gasteiger partial charge in [0.15, 0.2) is 0 Å². The summed E-state index contributed by atoms with van der Waals surface area (Å²) in [6.07, 6.45) is 4.73. The van der Waals surface area contributed by atoms with Gasteiger partial charge in [0.25, 0.3) is 5.91 Å². The predicted molar refractivity (Wildman–Crippen MR) is 108 cm³/mol. The summed E-state index contributed by atoms with van der Waals surface area (Å²) in [6, 6.07) is 6.35. The second-order valence-electron chi connectivity index (χ2n) is 6.85. The Kier molecular flexibility index (Phi) is 6.31. The lowest BCUT2D eigenvalue weighted by Gasteiger charge is -2.16. The van der Waals surface area contributed by atoms with E-state index >= 15 is 0 Å². The van der Waals surface area contributed by atoms with Gasteiger partial charge in [-0.15, -0.1) is 11.8 Å². The van der Waals surface area contributed by atoms with Crippen molar-refractivity contribution in [1.29, 1.82) is 0 Å². The minimum absolute atomic E-state index is 0.0487. The second-order valence-corrected chi connectivity index (χ2v) is 7.96. The highest BCUT2D eigenvalue weighted by Crippen LogP contribution is 2.38. The van der Waals surface area contributed by atoms with E-state index in [0.717, 1.165) is 35.2 Å². The molecule has 0 radical (unpaired) electrons. The number of nitrogens with zero attached hydrogens (tertiary/aromatic N) is 1. The molecule has 146 valence electrons. The van der Waals surface area contributed by atoms with Gasteiger partial charge in [-0.2, -0.15) is 0 Å². The van der Waals surface area contributed by atoms with Crippen molar-refractivity contribution in [2.24, 2.45) is 0 Å². The van der Waals surface area contributed by atoms with Gasteiger partial charge in [0.05, 0.1) is 18.4 Å². The fourth-order valence-corrected chi connectivity index (χ4v) is 4.52. The number of rotatable bonds is 8. The number of hydrogen-bond acceptors (Lipinski definition) is 4. The zero-order chi connectivity index (χ0) is 19.4. The third-order valence-electron chi connectivity index (χ3n) is 5.13. The van der Waals surface area contributed by atoms with Crippen LogP contribution < -0.4 is 10.1 Å². The Morgan fingerprint density at radius 3 is 2.74 bits per heavy atom. The summed E-state index contributed by atoms with van der Waals surface area (Å²) in [4.78, 5) is 23.5. The molecule has 1 amide bonds. The number of hydrogen-bond donors (Lipinski definition) is 2. The zero-order valence-electron chi connectivity index (χ0n) is 15.8. The van der Waals surface area contributed by atoms with Crippen LogP contribution in [0.5, 0.6) is 5.75 Å². The van der Waals surface area contributed by atoms with E-state index in [9.17, 15) is 9.59 Å². The third kappa shape index (κ3) is 4.24. The molecule has 1 aliphatic carbocycles. The average Bonchev–Trinajstić information content (AvgIpc) is 3.25. The first-order valence-corrected chi connectivity index (χ1v) is 10.4. The Balaban J connectivity index is 1.87. The van der Waals surface area contributed by atoms with Crippen molar-refractivity contribution in [1.82, 2.24) is 9.88 Å². The van der Waals surface area contributed by atoms with Crippen molar-refractivity contribution in [3.05, 3.63) is 29.5 Å². The van der Waals surface area contributed by atoms with E-state index in [0.29, 0.717) is 23.9 Å². The van der Waals surface area contributed by atoms with Crippen LogP contribution in [0.2, 0.25) is 0 Å². The van der Waals surface area contributed by atoms with Crippen LogP contribution in [-0.2, 0) is 4.79 Å². The molecular weight excluding hydrogens is 364 g/mol. The van der Waals surface area contributed by atoms with Crippen LogP contribution in [0.15, 0.2) is 18.2 Å². The van der Waals surface area contributed by atoms with Gasteiger partial charge in [0, 0.05) is 34.9 Å². The number of aromatic nitrogens is 1. The number of carbonyl (C=O) groups is 2. The number of carbonyl (C=O) groups excluding carboxylic acids is 1. The maximum atomic E-state index is 12.9. The van der Waals surface area contributed by atoms with Crippen molar-refractivity contribution in [3.63, 3.8) is 0 Å². The average molecular weight is 391 g/mol. The number of carboxylic acids is 1. The van der Waals surface area contributed by atoms with Crippen molar-refractivity contribution in [2.75, 3.05) is 25.2 Å². The van der Waals surface area contributed by atoms with E-state index in [2.05, 4.69) is 9.88 Å². The Morgan fingerprint density at radius 1 is 1.33 bits per heavy atom. The molecule has 1 aliphatic rings. The van der Waals surface area contributed by atoms with Gasteiger partial charge in [-0.25, -0.2) is 0 Å². The minimum atomic E-state index is -0.839. The molecule has 0 atom stereocenters. The monoisotopic (exact) mass is 390 g/mol. The predicted octanol–water partition coefficient (Wildman–Crippen LogP) is 3.62. The van der Waals surface area contributed by atoms with Gasteiger partial charge in [-0.05, 0) is 38.0 Å². The van der Waals surface area contributed by atoms with Gasteiger partial charge in [-0.1, -0.05) is 12.8 Å². The van der Waals surface area contributed by atoms with Gasteiger partial charge < -0.3 is 19.7 Å². The first-order chi connectivity index (χ1) is 13.0. The van der Waals surface area contributed by atoms with Crippen LogP contribution >= 0.6 is 11.8 Å². The van der Waals surface area contributed by atoms with E-state index in [4.69, 9.17) is 9.84 Å². The van der Waals surface area contributed by atoms with Crippen molar-refractivity contribution in [3.8, 4) is 5.75 Å². The number of thioether (sulfide) groups is 1. The quantitative estimate of drug-likeness (QED) is 0.673. The van der Waals surface area contributed by atoms with E-state index in [1.807, 2.05) is 25.1 Å². The number of benzene rings is 1. The van der Waals surface area contributed by atoms with Crippen LogP contribution in [0, 0.1) is 6.92 Å². The Hall–Kier alpha value is -2.15. The first-order valence-electron chi connectivity index (χ1n) is 9.29. The topological polar surface area (TPSA) is 80.6 Å². The van der Waals surface area contributed by atoms with E-state index < -0.39 is 5.97 Å². The summed E-state index contributed by atoms with van der Waals surface area (Å²) in [5.41, 5.74) is 2.76. The van der Waals surface area contributed by atoms with Gasteiger partial charge in [-0.3, -0.25) is 9.59 Å². The number of amides is 1. The number of nitrogens with one attached hydrogen (secondary N) is 1. The molecule has 0 bridgehead atoms. The Labute approximate surface area is 163 Å². The number of ether oxygens (including phenoxy) is 1. The highest BCUT2D eigenvalue weighted by Gasteiger charge is 2.26. The standard InChI is InChI=1S/C20H26N2O4S/c1-13-19(20(25)21-9-10-27-12-18(23)24)16-11-15(26-2)7-8-17(16)22(13)14-5-3-4-6-14/h7-8,11,14H,3-6,9-10,12H2,1-2H3,(H,21,25)(H,23,24). The first kappa shape index (κ1) is 19.6. The summed E-state index contributed by atoms with van der Waals surface area (Å²) in [5, 5.41) is 12.5. The lowest BCUT2D eigenvalue weighted by Crippen LogP contribution is -2.26. The van der Waals surface area contributed by atoms with Crippen molar-refractivity contribution in [2.45, 2.75) is 38.6 Å². The number of methoxy groups -OCH3 is 1. The zero-order valence-corrected chi connectivity index (χ0v) is 16.6. The van der Waals surface area contributed by atoms with E-state index in [1.54, 1.807) is 7.11 Å². The molecule has 6 nitrogen and oxygen atoms in total. The van der Waals surface area contributed by atoms with E-state index in [1.165, 1.54) is 24.6 Å². The normalized spacial score (nSPS) is 14.6. The Bertz CT molecular complexity index is 840. The lowest BCUT2D eigenvalue weighted by atomic mass is 10.1. The van der Waals surface area contributed by atoms with Crippen molar-refractivity contribution < 1.29 is 19.4 Å². The van der Waals surface area contributed by atoms with E-state index in [-0.39, 0.29) is 11.7 Å². The molecule has 2 aromatic rings. The fourth-order valence-electron chi connectivity index (χ4n) is 3.95. The van der Waals surface area contributed by atoms with Crippen molar-refractivity contribution >= 4 is 34.5 Å². The summed E-state index contributed by atoms with van der Waals surface area (Å²) < 4.78 is 7.68. The summed E-state index contributed by atoms with van der Waals surface area (Å²) >= 11 is 1.30. The molecular formula is C20H26N2O4S. The molecule has 7 heteroatoms. The number of carboxylic acid groups (broad SMARTS) is 1. The molecule has 0 unspecified atom stereocenters. The fraction of sp³-hybridized carbons (Fsp3) is 0.500. The van der Waals surface area contributed by atoms with Gasteiger partial charge >= 0.3 is 5.97 Å². The molecule has 1 aromatic heterocycles. The summed E-state index contributed by atoms with van der Waals surface area (Å²) in [5.74, 6) is 0.402. The molecule has 1 aromatic carbocycles. The SMILES string of the molecule is COc1ccc2c(c1)c(C(=O)NCCSCC(=O)O)c(C)n2C1CCCC1. The Morgan fingerprint density at radius 2 is 2.07 bits per heavy atom. The molecule has 0 spiro atoms. The highest BCUT2D eigenvalue weighted by molar-refractivity contribution is 7.99. The van der Waals surface area contributed by atoms with Crippen LogP contribution in [-0.4, -0.2) is 46.7 Å². The van der Waals surface area contributed by atoms with Crippen LogP contribution in [0.4, 0.5) is 0 Å². The molecule has 0 saturated heterocycles. The summed E-state index contributed by atoms with van der Waals surface area (Å²) in [6.45, 7) is 2.45. The lowest BCUT2D eigenvalue weighted by molar-refractivity contribution is -0.133. The molecule has 1 fully saturated rings. The van der Waals surface area contributed by atoms with Crippen LogP contribution in [0.25, 0.3) is 10.9 Å². The number of fused-ring (bicyclic) bond motifs is 1. The van der Waals surface area contributed by atoms with Crippen LogP contribution in [0.1, 0.15) is 47.8 Å². The maximum absolute atomic E-state index is 12.9. The highest BCUT2D eigenvalue weighted by atomic mass is 32.2. The molecule has 27 heavy (non-hydrogen) atoms. The molecule has 1 saturated carbocycles. The molecule has 3 rings (SSSR count).